The lowest BCUT2D eigenvalue weighted by Gasteiger charge is -1.99. The lowest BCUT2D eigenvalue weighted by Crippen LogP contribution is -1.98. The Balaban J connectivity index is 2.43. The van der Waals surface area contributed by atoms with E-state index < -0.39 is 0 Å². The highest BCUT2D eigenvalue weighted by atomic mass is 32.1. The van der Waals surface area contributed by atoms with Gasteiger partial charge in [-0.3, -0.25) is 0 Å². The first-order chi connectivity index (χ1) is 4.93. The van der Waals surface area contributed by atoms with Crippen LogP contribution in [-0.2, 0) is 0 Å². The van der Waals surface area contributed by atoms with Crippen molar-refractivity contribution in [3.63, 3.8) is 0 Å². The third-order valence-electron chi connectivity index (χ3n) is 0.971. The lowest BCUT2D eigenvalue weighted by molar-refractivity contribution is 0.331. The molecule has 3 heteroatoms. The first kappa shape index (κ1) is 7.41. The summed E-state index contributed by atoms with van der Waals surface area (Å²) in [7, 11) is 0. The van der Waals surface area contributed by atoms with Crippen LogP contribution in [0.3, 0.4) is 0 Å². The van der Waals surface area contributed by atoms with Crippen molar-refractivity contribution in [1.82, 2.24) is 4.98 Å². The molecule has 0 fully saturated rings. The van der Waals surface area contributed by atoms with Gasteiger partial charge >= 0.3 is 0 Å². The molecule has 1 heterocycles. The Kier molecular flexibility index (Phi) is 3.09. The van der Waals surface area contributed by atoms with Crippen LogP contribution >= 0.6 is 12.6 Å². The Bertz CT molecular complexity index is 178. The van der Waals surface area contributed by atoms with Gasteiger partial charge in [0.25, 0.3) is 0 Å². The summed E-state index contributed by atoms with van der Waals surface area (Å²) in [6.07, 6.45) is 1.69. The molecule has 2 nitrogen and oxygen atoms in total. The quantitative estimate of drug-likeness (QED) is 0.660. The van der Waals surface area contributed by atoms with Crippen LogP contribution in [0.15, 0.2) is 24.4 Å². The standard InChI is InChI=1S/C7H8NOS/c10-6-5-9-7-3-1-2-4-8-7/h1-4H,5-6H2. The summed E-state index contributed by atoms with van der Waals surface area (Å²) in [6.45, 7) is 0.562. The lowest BCUT2D eigenvalue weighted by atomic mass is 10.5. The molecule has 0 spiro atoms. The van der Waals surface area contributed by atoms with Crippen LogP contribution < -0.4 is 4.74 Å². The average Bonchev–Trinajstić information content (AvgIpc) is 2.03. The van der Waals surface area contributed by atoms with Gasteiger partial charge in [0, 0.05) is 18.0 Å². The summed E-state index contributed by atoms with van der Waals surface area (Å²) in [5.74, 6) is 1.25. The van der Waals surface area contributed by atoms with Gasteiger partial charge in [0.05, 0.1) is 6.61 Å². The Morgan fingerprint density at radius 1 is 1.50 bits per heavy atom. The predicted molar refractivity (Wildman–Crippen MR) is 42.2 cm³/mol. The van der Waals surface area contributed by atoms with E-state index >= 15 is 0 Å². The summed E-state index contributed by atoms with van der Waals surface area (Å²) < 4.78 is 5.14. The minimum Gasteiger partial charge on any atom is -0.477 e. The zero-order chi connectivity index (χ0) is 7.23. The largest absolute Gasteiger partial charge is 0.477 e. The monoisotopic (exact) mass is 154 g/mol. The average molecular weight is 154 g/mol. The highest BCUT2D eigenvalue weighted by Crippen LogP contribution is 2.02. The summed E-state index contributed by atoms with van der Waals surface area (Å²) in [5.41, 5.74) is 0. The number of aromatic nitrogens is 1. The van der Waals surface area contributed by atoms with E-state index in [4.69, 9.17) is 17.4 Å². The van der Waals surface area contributed by atoms with Gasteiger partial charge in [0.15, 0.2) is 0 Å². The molecule has 1 aromatic rings. The van der Waals surface area contributed by atoms with Gasteiger partial charge in [0.1, 0.15) is 0 Å². The number of nitrogens with zero attached hydrogens (tertiary/aromatic N) is 1. The van der Waals surface area contributed by atoms with E-state index in [2.05, 4.69) is 4.98 Å². The predicted octanol–water partition coefficient (Wildman–Crippen LogP) is 1.66. The topological polar surface area (TPSA) is 22.1 Å². The second-order valence-corrected chi connectivity index (χ2v) is 2.13. The van der Waals surface area contributed by atoms with Gasteiger partial charge in [-0.1, -0.05) is 18.7 Å². The number of pyridine rings is 1. The summed E-state index contributed by atoms with van der Waals surface area (Å²) in [6, 6.07) is 5.54. The van der Waals surface area contributed by atoms with Gasteiger partial charge in [-0.15, -0.1) is 0 Å². The van der Waals surface area contributed by atoms with Crippen LogP contribution in [-0.4, -0.2) is 17.3 Å². The van der Waals surface area contributed by atoms with Gasteiger partial charge in [0.2, 0.25) is 5.88 Å². The third-order valence-corrected chi connectivity index (χ3v) is 1.14. The van der Waals surface area contributed by atoms with E-state index in [9.17, 15) is 0 Å². The zero-order valence-electron chi connectivity index (χ0n) is 5.49. The van der Waals surface area contributed by atoms with Crippen molar-refractivity contribution < 1.29 is 4.74 Å². The molecule has 0 unspecified atom stereocenters. The number of rotatable bonds is 3. The van der Waals surface area contributed by atoms with Crippen LogP contribution in [0, 0.1) is 0 Å². The summed E-state index contributed by atoms with van der Waals surface area (Å²) in [5, 5.41) is 0. The normalized spacial score (nSPS) is 9.30. The second-order valence-electron chi connectivity index (χ2n) is 1.72. The first-order valence-corrected chi connectivity index (χ1v) is 3.63. The summed E-state index contributed by atoms with van der Waals surface area (Å²) in [4.78, 5) is 3.95. The Morgan fingerprint density at radius 2 is 2.40 bits per heavy atom. The highest BCUT2D eigenvalue weighted by Gasteiger charge is 1.88. The van der Waals surface area contributed by atoms with Crippen LogP contribution in [0.25, 0.3) is 0 Å². The van der Waals surface area contributed by atoms with Crippen LogP contribution in [0.5, 0.6) is 5.88 Å². The van der Waals surface area contributed by atoms with Crippen molar-refractivity contribution in [3.8, 4) is 5.88 Å². The number of ether oxygens (including phenoxy) is 1. The molecule has 1 aromatic heterocycles. The fourth-order valence-electron chi connectivity index (χ4n) is 0.579. The van der Waals surface area contributed by atoms with E-state index in [1.807, 2.05) is 18.2 Å². The van der Waals surface area contributed by atoms with E-state index in [0.29, 0.717) is 18.2 Å². The SMILES string of the molecule is [S]CCOc1ccccn1. The van der Waals surface area contributed by atoms with Gasteiger partial charge < -0.3 is 4.74 Å². The molecule has 53 valence electrons. The molecular weight excluding hydrogens is 146 g/mol. The van der Waals surface area contributed by atoms with E-state index in [-0.39, 0.29) is 0 Å². The summed E-state index contributed by atoms with van der Waals surface area (Å²) >= 11 is 4.70. The van der Waals surface area contributed by atoms with E-state index in [1.54, 1.807) is 6.20 Å². The highest BCUT2D eigenvalue weighted by molar-refractivity contribution is 7.80. The maximum atomic E-state index is 5.14. The van der Waals surface area contributed by atoms with Crippen molar-refractivity contribution in [1.29, 1.82) is 0 Å². The fourth-order valence-corrected chi connectivity index (χ4v) is 0.662. The van der Waals surface area contributed by atoms with Crippen LogP contribution in [0.2, 0.25) is 0 Å². The number of hydrogen-bond donors (Lipinski definition) is 0. The maximum absolute atomic E-state index is 5.14. The Hall–Kier alpha value is -0.700. The molecule has 0 aliphatic heterocycles. The van der Waals surface area contributed by atoms with Crippen LogP contribution in [0.4, 0.5) is 0 Å². The Labute approximate surface area is 65.6 Å². The molecule has 0 N–H and O–H groups in total. The molecule has 10 heavy (non-hydrogen) atoms. The first-order valence-electron chi connectivity index (χ1n) is 3.05. The molecule has 1 radical (unpaired) electrons. The zero-order valence-corrected chi connectivity index (χ0v) is 6.30. The van der Waals surface area contributed by atoms with Gasteiger partial charge in [-0.25, -0.2) is 4.98 Å². The van der Waals surface area contributed by atoms with Gasteiger partial charge in [-0.05, 0) is 6.07 Å². The molecule has 0 atom stereocenters. The van der Waals surface area contributed by atoms with E-state index in [0.717, 1.165) is 0 Å². The molecule has 0 amide bonds. The van der Waals surface area contributed by atoms with Gasteiger partial charge in [-0.2, -0.15) is 0 Å². The molecule has 0 saturated heterocycles. The fraction of sp³-hybridized carbons (Fsp3) is 0.286. The maximum Gasteiger partial charge on any atom is 0.213 e. The number of hydrogen-bond acceptors (Lipinski definition) is 2. The van der Waals surface area contributed by atoms with Crippen molar-refractivity contribution >= 4 is 12.6 Å². The molecule has 0 saturated carbocycles. The van der Waals surface area contributed by atoms with Crippen molar-refractivity contribution in [2.75, 3.05) is 12.4 Å². The minimum absolute atomic E-state index is 0.562. The third kappa shape index (κ3) is 2.27. The minimum atomic E-state index is 0.562. The van der Waals surface area contributed by atoms with Crippen LogP contribution in [0.1, 0.15) is 0 Å². The Morgan fingerprint density at radius 3 is 3.00 bits per heavy atom. The van der Waals surface area contributed by atoms with Crippen molar-refractivity contribution in [2.24, 2.45) is 0 Å². The molecule has 0 aromatic carbocycles. The van der Waals surface area contributed by atoms with Crippen molar-refractivity contribution in [3.05, 3.63) is 24.4 Å². The molecular formula is C7H8NOS. The molecule has 0 bridgehead atoms. The molecule has 0 aliphatic carbocycles. The van der Waals surface area contributed by atoms with E-state index in [1.165, 1.54) is 0 Å². The smallest absolute Gasteiger partial charge is 0.213 e. The second kappa shape index (κ2) is 4.17. The van der Waals surface area contributed by atoms with Crippen molar-refractivity contribution in [2.45, 2.75) is 0 Å². The molecule has 1 rings (SSSR count). The molecule has 0 aliphatic rings.